The number of nitro benzene ring substituents is 1. The highest BCUT2D eigenvalue weighted by atomic mass is 16.6. The Kier molecular flexibility index (Phi) is 5.30. The lowest BCUT2D eigenvalue weighted by atomic mass is 9.99. The molecule has 1 aromatic carbocycles. The number of aliphatic hydroxyl groups is 1. The molecule has 1 aromatic rings. The first-order valence-corrected chi connectivity index (χ1v) is 6.43. The molecule has 0 aliphatic rings. The van der Waals surface area contributed by atoms with E-state index in [9.17, 15) is 15.2 Å². The number of ether oxygens (including phenoxy) is 1. The molecule has 0 saturated carbocycles. The number of benzene rings is 1. The van der Waals surface area contributed by atoms with Gasteiger partial charge in [-0.2, -0.15) is 0 Å². The Morgan fingerprint density at radius 3 is 2.42 bits per heavy atom. The molecule has 0 aliphatic heterocycles. The van der Waals surface area contributed by atoms with Gasteiger partial charge in [0, 0.05) is 6.07 Å². The zero-order valence-electron chi connectivity index (χ0n) is 11.8. The third-order valence-corrected chi connectivity index (χ3v) is 2.80. The van der Waals surface area contributed by atoms with Gasteiger partial charge in [-0.1, -0.05) is 19.9 Å². The molecule has 0 bridgehead atoms. The van der Waals surface area contributed by atoms with Gasteiger partial charge in [-0.05, 0) is 37.8 Å². The minimum atomic E-state index is -0.464. The maximum atomic E-state index is 10.9. The number of rotatable bonds is 6. The molecular weight excluding hydrogens is 246 g/mol. The van der Waals surface area contributed by atoms with Crippen LogP contribution in [0.4, 0.5) is 5.69 Å². The third kappa shape index (κ3) is 4.52. The number of hydrogen-bond donors (Lipinski definition) is 1. The molecule has 0 fully saturated rings. The quantitative estimate of drug-likeness (QED) is 0.635. The van der Waals surface area contributed by atoms with E-state index in [1.54, 1.807) is 12.1 Å². The monoisotopic (exact) mass is 267 g/mol. The van der Waals surface area contributed by atoms with Crippen LogP contribution < -0.4 is 4.74 Å². The second-order valence-electron chi connectivity index (χ2n) is 5.24. The average molecular weight is 267 g/mol. The van der Waals surface area contributed by atoms with Gasteiger partial charge in [-0.15, -0.1) is 0 Å². The number of aliphatic hydroxyl groups excluding tert-OH is 1. The number of nitrogens with zero attached hydrogens (tertiary/aromatic N) is 1. The molecule has 0 aromatic heterocycles. The second kappa shape index (κ2) is 6.52. The SMILES string of the molecule is CC(C)Oc1cc(CC(O)C(C)C)ccc1[N+](=O)[O-]. The van der Waals surface area contributed by atoms with E-state index >= 15 is 0 Å². The first-order valence-electron chi connectivity index (χ1n) is 6.43. The summed E-state index contributed by atoms with van der Waals surface area (Å²) in [6.45, 7) is 7.50. The van der Waals surface area contributed by atoms with Gasteiger partial charge in [0.25, 0.3) is 0 Å². The fourth-order valence-electron chi connectivity index (χ4n) is 1.66. The van der Waals surface area contributed by atoms with Crippen molar-refractivity contribution < 1.29 is 14.8 Å². The van der Waals surface area contributed by atoms with Crippen LogP contribution in [0.2, 0.25) is 0 Å². The maximum Gasteiger partial charge on any atom is 0.310 e. The molecule has 0 amide bonds. The van der Waals surface area contributed by atoms with Crippen molar-refractivity contribution in [2.75, 3.05) is 0 Å². The maximum absolute atomic E-state index is 10.9. The highest BCUT2D eigenvalue weighted by molar-refractivity contribution is 5.48. The van der Waals surface area contributed by atoms with Crippen molar-refractivity contribution in [3.05, 3.63) is 33.9 Å². The van der Waals surface area contributed by atoms with Crippen molar-refractivity contribution in [3.63, 3.8) is 0 Å². The van der Waals surface area contributed by atoms with Gasteiger partial charge >= 0.3 is 5.69 Å². The van der Waals surface area contributed by atoms with E-state index < -0.39 is 11.0 Å². The summed E-state index contributed by atoms with van der Waals surface area (Å²) in [5.74, 6) is 0.401. The Bertz CT molecular complexity index is 443. The average Bonchev–Trinajstić information content (AvgIpc) is 2.27. The summed E-state index contributed by atoms with van der Waals surface area (Å²) in [5, 5.41) is 20.8. The topological polar surface area (TPSA) is 72.6 Å². The van der Waals surface area contributed by atoms with E-state index in [-0.39, 0.29) is 23.5 Å². The zero-order chi connectivity index (χ0) is 14.6. The molecule has 5 heteroatoms. The van der Waals surface area contributed by atoms with E-state index in [2.05, 4.69) is 0 Å². The summed E-state index contributed by atoms with van der Waals surface area (Å²) >= 11 is 0. The summed E-state index contributed by atoms with van der Waals surface area (Å²) in [6.07, 6.45) is -0.137. The molecule has 19 heavy (non-hydrogen) atoms. The van der Waals surface area contributed by atoms with Gasteiger partial charge in [0.05, 0.1) is 17.1 Å². The molecule has 0 aliphatic carbocycles. The van der Waals surface area contributed by atoms with E-state index in [1.165, 1.54) is 6.07 Å². The van der Waals surface area contributed by atoms with Crippen LogP contribution in [-0.4, -0.2) is 22.2 Å². The van der Waals surface area contributed by atoms with Crippen LogP contribution in [0.5, 0.6) is 5.75 Å². The van der Waals surface area contributed by atoms with Gasteiger partial charge < -0.3 is 9.84 Å². The summed E-state index contributed by atoms with van der Waals surface area (Å²) in [5.41, 5.74) is 0.791. The van der Waals surface area contributed by atoms with Gasteiger partial charge in [-0.25, -0.2) is 0 Å². The van der Waals surface area contributed by atoms with Gasteiger partial charge in [0.15, 0.2) is 5.75 Å². The standard InChI is InChI=1S/C14H21NO4/c1-9(2)13(16)7-11-5-6-12(15(17)18)14(8-11)19-10(3)4/h5-6,8-10,13,16H,7H2,1-4H3. The van der Waals surface area contributed by atoms with Crippen LogP contribution in [-0.2, 0) is 6.42 Å². The van der Waals surface area contributed by atoms with Crippen LogP contribution in [0, 0.1) is 16.0 Å². The van der Waals surface area contributed by atoms with Crippen molar-refractivity contribution >= 4 is 5.69 Å². The molecule has 1 N–H and O–H groups in total. The van der Waals surface area contributed by atoms with E-state index in [0.717, 1.165) is 5.56 Å². The fraction of sp³-hybridized carbons (Fsp3) is 0.571. The first kappa shape index (κ1) is 15.4. The van der Waals surface area contributed by atoms with Crippen molar-refractivity contribution in [1.29, 1.82) is 0 Å². The second-order valence-corrected chi connectivity index (χ2v) is 5.24. The molecule has 1 atom stereocenters. The van der Waals surface area contributed by atoms with Gasteiger partial charge in [0.2, 0.25) is 0 Å². The Morgan fingerprint density at radius 1 is 1.32 bits per heavy atom. The zero-order valence-corrected chi connectivity index (χ0v) is 11.8. The summed E-state index contributed by atoms with van der Waals surface area (Å²) in [6, 6.07) is 4.74. The van der Waals surface area contributed by atoms with Crippen molar-refractivity contribution in [2.24, 2.45) is 5.92 Å². The molecule has 0 radical (unpaired) electrons. The number of nitro groups is 1. The summed E-state index contributed by atoms with van der Waals surface area (Å²) < 4.78 is 5.47. The van der Waals surface area contributed by atoms with Crippen molar-refractivity contribution in [1.82, 2.24) is 0 Å². The molecule has 1 unspecified atom stereocenters. The van der Waals surface area contributed by atoms with E-state index in [4.69, 9.17) is 4.74 Å². The lowest BCUT2D eigenvalue weighted by molar-refractivity contribution is -0.386. The van der Waals surface area contributed by atoms with E-state index in [0.29, 0.717) is 6.42 Å². The van der Waals surface area contributed by atoms with Gasteiger partial charge in [-0.3, -0.25) is 10.1 Å². The number of hydrogen-bond acceptors (Lipinski definition) is 4. The van der Waals surface area contributed by atoms with Crippen molar-refractivity contribution in [2.45, 2.75) is 46.3 Å². The Hall–Kier alpha value is -1.62. The Morgan fingerprint density at radius 2 is 1.95 bits per heavy atom. The van der Waals surface area contributed by atoms with Crippen LogP contribution in [0.15, 0.2) is 18.2 Å². The highest BCUT2D eigenvalue weighted by Gasteiger charge is 2.18. The molecule has 5 nitrogen and oxygen atoms in total. The summed E-state index contributed by atoms with van der Waals surface area (Å²) in [4.78, 5) is 10.5. The predicted molar refractivity (Wildman–Crippen MR) is 73.4 cm³/mol. The van der Waals surface area contributed by atoms with Gasteiger partial charge in [0.1, 0.15) is 0 Å². The molecule has 1 rings (SSSR count). The largest absolute Gasteiger partial charge is 0.484 e. The fourth-order valence-corrected chi connectivity index (χ4v) is 1.66. The van der Waals surface area contributed by atoms with Crippen LogP contribution in [0.25, 0.3) is 0 Å². The highest BCUT2D eigenvalue weighted by Crippen LogP contribution is 2.29. The smallest absolute Gasteiger partial charge is 0.310 e. The Balaban J connectivity index is 3.00. The lowest BCUT2D eigenvalue weighted by Crippen LogP contribution is -2.17. The lowest BCUT2D eigenvalue weighted by Gasteiger charge is -2.16. The molecule has 0 heterocycles. The molecule has 106 valence electrons. The van der Waals surface area contributed by atoms with E-state index in [1.807, 2.05) is 27.7 Å². The minimum Gasteiger partial charge on any atom is -0.484 e. The normalized spacial score (nSPS) is 12.8. The molecule has 0 spiro atoms. The van der Waals surface area contributed by atoms with Crippen molar-refractivity contribution in [3.8, 4) is 5.75 Å². The van der Waals surface area contributed by atoms with Crippen LogP contribution in [0.3, 0.4) is 0 Å². The minimum absolute atomic E-state index is 0.0449. The summed E-state index contributed by atoms with van der Waals surface area (Å²) in [7, 11) is 0. The predicted octanol–water partition coefficient (Wildman–Crippen LogP) is 2.94. The third-order valence-electron chi connectivity index (χ3n) is 2.80. The Labute approximate surface area is 113 Å². The molecular formula is C14H21NO4. The first-order chi connectivity index (χ1) is 8.81. The molecule has 0 saturated heterocycles. The van der Waals surface area contributed by atoms with Crippen LogP contribution in [0.1, 0.15) is 33.3 Å². The van der Waals surface area contributed by atoms with Crippen LogP contribution >= 0.6 is 0 Å².